The van der Waals surface area contributed by atoms with E-state index in [1.807, 2.05) is 18.2 Å². The highest BCUT2D eigenvalue weighted by atomic mass is 16.5. The first-order chi connectivity index (χ1) is 15.1. The summed E-state index contributed by atoms with van der Waals surface area (Å²) in [7, 11) is 0. The van der Waals surface area contributed by atoms with E-state index in [9.17, 15) is 14.4 Å². The first kappa shape index (κ1) is 18.8. The van der Waals surface area contributed by atoms with Gasteiger partial charge in [-0.1, -0.05) is 66.7 Å². The van der Waals surface area contributed by atoms with E-state index in [0.717, 1.165) is 0 Å². The van der Waals surface area contributed by atoms with E-state index in [-0.39, 0.29) is 39.8 Å². The second kappa shape index (κ2) is 7.22. The minimum atomic E-state index is -0.580. The third kappa shape index (κ3) is 2.99. The molecule has 0 spiro atoms. The highest BCUT2D eigenvalue weighted by Gasteiger charge is 2.37. The molecule has 0 radical (unpaired) electrons. The molecule has 0 unspecified atom stereocenters. The van der Waals surface area contributed by atoms with Gasteiger partial charge in [0.15, 0.2) is 17.3 Å². The van der Waals surface area contributed by atoms with Crippen LogP contribution in [0.4, 0.5) is 0 Å². The fraction of sp³-hybridized carbons (Fsp3) is 0.0385. The standard InChI is InChI=1S/C26H16O5/c1-15(27)30-25-19-13-7-8-14-20(19)26(31-16-9-3-2-4-10-16)22-21(25)23(28)17-11-5-6-12-18(17)24(22)29/h2-14H,1H3. The van der Waals surface area contributed by atoms with Gasteiger partial charge in [0.2, 0.25) is 0 Å². The van der Waals surface area contributed by atoms with Gasteiger partial charge in [0.05, 0.1) is 11.1 Å². The summed E-state index contributed by atoms with van der Waals surface area (Å²) >= 11 is 0. The minimum absolute atomic E-state index is 0.0449. The average molecular weight is 408 g/mol. The van der Waals surface area contributed by atoms with Crippen LogP contribution in [0.2, 0.25) is 0 Å². The van der Waals surface area contributed by atoms with Crippen molar-refractivity contribution in [3.8, 4) is 17.2 Å². The topological polar surface area (TPSA) is 69.7 Å². The number of fused-ring (bicyclic) bond motifs is 3. The number of ketones is 2. The van der Waals surface area contributed by atoms with Crippen LogP contribution >= 0.6 is 0 Å². The Kier molecular flexibility index (Phi) is 4.37. The Bertz CT molecular complexity index is 1390. The van der Waals surface area contributed by atoms with E-state index in [2.05, 4.69) is 0 Å². The molecule has 0 bridgehead atoms. The summed E-state index contributed by atoms with van der Waals surface area (Å²) in [5.74, 6) is -0.454. The highest BCUT2D eigenvalue weighted by molar-refractivity contribution is 6.32. The van der Waals surface area contributed by atoms with Gasteiger partial charge in [-0.15, -0.1) is 0 Å². The smallest absolute Gasteiger partial charge is 0.308 e. The number of para-hydroxylation sites is 1. The number of ether oxygens (including phenoxy) is 2. The number of carbonyl (C=O) groups excluding carboxylic acids is 3. The van der Waals surface area contributed by atoms with Gasteiger partial charge in [-0.25, -0.2) is 0 Å². The molecule has 0 amide bonds. The normalized spacial score (nSPS) is 12.3. The van der Waals surface area contributed by atoms with Crippen molar-refractivity contribution in [1.82, 2.24) is 0 Å². The summed E-state index contributed by atoms with van der Waals surface area (Å²) in [5, 5.41) is 1.09. The summed E-state index contributed by atoms with van der Waals surface area (Å²) in [4.78, 5) is 39.0. The zero-order chi connectivity index (χ0) is 21.5. The van der Waals surface area contributed by atoms with Gasteiger partial charge >= 0.3 is 5.97 Å². The van der Waals surface area contributed by atoms with Crippen LogP contribution in [0.5, 0.6) is 17.2 Å². The molecule has 31 heavy (non-hydrogen) atoms. The number of hydrogen-bond donors (Lipinski definition) is 0. The van der Waals surface area contributed by atoms with Crippen LogP contribution in [0.25, 0.3) is 10.8 Å². The van der Waals surface area contributed by atoms with E-state index in [1.54, 1.807) is 60.7 Å². The van der Waals surface area contributed by atoms with Crippen LogP contribution in [-0.2, 0) is 4.79 Å². The van der Waals surface area contributed by atoms with Crippen molar-refractivity contribution in [3.63, 3.8) is 0 Å². The molecule has 0 saturated heterocycles. The van der Waals surface area contributed by atoms with Gasteiger partial charge in [-0.2, -0.15) is 0 Å². The van der Waals surface area contributed by atoms with Crippen molar-refractivity contribution >= 4 is 28.3 Å². The van der Waals surface area contributed by atoms with Gasteiger partial charge in [0.1, 0.15) is 11.5 Å². The van der Waals surface area contributed by atoms with Gasteiger partial charge in [0, 0.05) is 28.8 Å². The number of hydrogen-bond acceptors (Lipinski definition) is 5. The van der Waals surface area contributed by atoms with Gasteiger partial charge in [-0.3, -0.25) is 14.4 Å². The van der Waals surface area contributed by atoms with E-state index in [1.165, 1.54) is 6.92 Å². The Morgan fingerprint density at radius 3 is 1.71 bits per heavy atom. The van der Waals surface area contributed by atoms with Crippen molar-refractivity contribution in [2.24, 2.45) is 0 Å². The van der Waals surface area contributed by atoms with Crippen molar-refractivity contribution in [1.29, 1.82) is 0 Å². The Hall–Kier alpha value is -4.25. The maximum Gasteiger partial charge on any atom is 0.308 e. The van der Waals surface area contributed by atoms with E-state index in [0.29, 0.717) is 22.1 Å². The van der Waals surface area contributed by atoms with Crippen molar-refractivity contribution in [3.05, 3.63) is 101 Å². The summed E-state index contributed by atoms with van der Waals surface area (Å²) in [5.41, 5.74) is 0.711. The average Bonchev–Trinajstić information content (AvgIpc) is 2.79. The van der Waals surface area contributed by atoms with Crippen LogP contribution in [0, 0.1) is 0 Å². The lowest BCUT2D eigenvalue weighted by atomic mass is 9.81. The molecule has 0 N–H and O–H groups in total. The van der Waals surface area contributed by atoms with E-state index < -0.39 is 5.97 Å². The molecule has 5 heteroatoms. The molecule has 0 heterocycles. The molecular formula is C26H16O5. The maximum absolute atomic E-state index is 13.6. The summed E-state index contributed by atoms with van der Waals surface area (Å²) in [6.45, 7) is 1.26. The van der Waals surface area contributed by atoms with Gasteiger partial charge in [0.25, 0.3) is 0 Å². The number of esters is 1. The third-order valence-electron chi connectivity index (χ3n) is 5.20. The molecule has 5 rings (SSSR count). The number of carbonyl (C=O) groups is 3. The van der Waals surface area contributed by atoms with Crippen molar-refractivity contribution in [2.45, 2.75) is 6.92 Å². The van der Waals surface area contributed by atoms with Crippen molar-refractivity contribution < 1.29 is 23.9 Å². The van der Waals surface area contributed by atoms with Crippen molar-refractivity contribution in [2.75, 3.05) is 0 Å². The first-order valence-electron chi connectivity index (χ1n) is 9.74. The molecule has 0 aliphatic heterocycles. The second-order valence-electron chi connectivity index (χ2n) is 7.17. The second-order valence-corrected chi connectivity index (χ2v) is 7.17. The first-order valence-corrected chi connectivity index (χ1v) is 9.74. The Morgan fingerprint density at radius 2 is 1.13 bits per heavy atom. The SMILES string of the molecule is CC(=O)Oc1c2c(c(Oc3ccccc3)c3ccccc13)C(=O)c1ccccc1C2=O. The Labute approximate surface area is 177 Å². The minimum Gasteiger partial charge on any atom is -0.456 e. The lowest BCUT2D eigenvalue weighted by Crippen LogP contribution is -2.23. The number of rotatable bonds is 3. The van der Waals surface area contributed by atoms with Crippen LogP contribution < -0.4 is 9.47 Å². The molecule has 4 aromatic carbocycles. The lowest BCUT2D eigenvalue weighted by Gasteiger charge is -2.24. The zero-order valence-corrected chi connectivity index (χ0v) is 16.5. The molecule has 1 aliphatic carbocycles. The molecular weight excluding hydrogens is 392 g/mol. The fourth-order valence-corrected chi connectivity index (χ4v) is 3.92. The molecule has 0 aromatic heterocycles. The predicted octanol–water partition coefficient (Wildman–Crippen LogP) is 5.33. The monoisotopic (exact) mass is 408 g/mol. The molecule has 0 fully saturated rings. The van der Waals surface area contributed by atoms with Gasteiger partial charge in [-0.05, 0) is 12.1 Å². The van der Waals surface area contributed by atoms with Crippen LogP contribution in [0.15, 0.2) is 78.9 Å². The van der Waals surface area contributed by atoms with Crippen LogP contribution in [0.3, 0.4) is 0 Å². The highest BCUT2D eigenvalue weighted by Crippen LogP contribution is 2.46. The van der Waals surface area contributed by atoms with Crippen LogP contribution in [0.1, 0.15) is 38.8 Å². The fourth-order valence-electron chi connectivity index (χ4n) is 3.92. The van der Waals surface area contributed by atoms with Gasteiger partial charge < -0.3 is 9.47 Å². The summed E-state index contributed by atoms with van der Waals surface area (Å²) in [6, 6.07) is 22.7. The quantitative estimate of drug-likeness (QED) is 0.298. The molecule has 5 nitrogen and oxygen atoms in total. The molecule has 0 saturated carbocycles. The summed E-state index contributed by atoms with van der Waals surface area (Å²) < 4.78 is 11.7. The molecule has 0 atom stereocenters. The van der Waals surface area contributed by atoms with E-state index in [4.69, 9.17) is 9.47 Å². The summed E-state index contributed by atoms with van der Waals surface area (Å²) in [6.07, 6.45) is 0. The van der Waals surface area contributed by atoms with E-state index >= 15 is 0 Å². The lowest BCUT2D eigenvalue weighted by molar-refractivity contribution is -0.131. The third-order valence-corrected chi connectivity index (χ3v) is 5.20. The van der Waals surface area contributed by atoms with Crippen LogP contribution in [-0.4, -0.2) is 17.5 Å². The number of benzene rings is 4. The largest absolute Gasteiger partial charge is 0.456 e. The Morgan fingerprint density at radius 1 is 0.645 bits per heavy atom. The maximum atomic E-state index is 13.6. The molecule has 1 aliphatic rings. The predicted molar refractivity (Wildman–Crippen MR) is 115 cm³/mol. The molecule has 4 aromatic rings. The Balaban J connectivity index is 1.90. The zero-order valence-electron chi connectivity index (χ0n) is 16.5. The molecule has 150 valence electrons.